The van der Waals surface area contributed by atoms with Crippen molar-refractivity contribution < 1.29 is 5.11 Å². The monoisotopic (exact) mass is 429 g/mol. The first-order valence-corrected chi connectivity index (χ1v) is 8.97. The molecule has 0 unspecified atom stereocenters. The Labute approximate surface area is 151 Å². The molecule has 0 atom stereocenters. The maximum absolute atomic E-state index is 10.2. The molecule has 0 amide bonds. The van der Waals surface area contributed by atoms with E-state index in [1.165, 1.54) is 21.9 Å². The third-order valence-corrected chi connectivity index (χ3v) is 5.32. The summed E-state index contributed by atoms with van der Waals surface area (Å²) in [5, 5.41) is 12.7. The molecule has 0 heterocycles. The first-order chi connectivity index (χ1) is 11.1. The molecule has 3 aromatic carbocycles. The highest BCUT2D eigenvalue weighted by molar-refractivity contribution is 9.11. The van der Waals surface area contributed by atoms with E-state index >= 15 is 0 Å². The van der Waals surface area contributed by atoms with E-state index in [-0.39, 0.29) is 5.75 Å². The smallest absolute Gasteiger partial charge is 0.138 e. The minimum Gasteiger partial charge on any atom is -0.506 e. The first kappa shape index (κ1) is 14.9. The van der Waals surface area contributed by atoms with Gasteiger partial charge < -0.3 is 5.11 Å². The van der Waals surface area contributed by atoms with E-state index in [0.717, 1.165) is 23.0 Å². The van der Waals surface area contributed by atoms with Crippen LogP contribution in [-0.4, -0.2) is 11.3 Å². The second-order valence-electron chi connectivity index (χ2n) is 5.67. The van der Waals surface area contributed by atoms with E-state index in [4.69, 9.17) is 0 Å². The molecule has 0 saturated carbocycles. The number of rotatable bonds is 2. The fourth-order valence-electron chi connectivity index (χ4n) is 3.17. The van der Waals surface area contributed by atoms with Crippen molar-refractivity contribution in [1.29, 1.82) is 0 Å². The lowest BCUT2D eigenvalue weighted by Gasteiger charge is -2.06. The van der Waals surface area contributed by atoms with Crippen molar-refractivity contribution in [3.05, 3.63) is 68.1 Å². The van der Waals surface area contributed by atoms with Gasteiger partial charge in [-0.2, -0.15) is 0 Å². The third-order valence-electron chi connectivity index (χ3n) is 4.25. The van der Waals surface area contributed by atoms with E-state index in [0.29, 0.717) is 10.0 Å². The summed E-state index contributed by atoms with van der Waals surface area (Å²) in [5.41, 5.74) is 4.42. The largest absolute Gasteiger partial charge is 0.506 e. The summed E-state index contributed by atoms with van der Waals surface area (Å²) in [5.74, 6) is 0.197. The number of benzene rings is 3. The summed E-state index contributed by atoms with van der Waals surface area (Å²) in [6.07, 6.45) is 3.93. The van der Waals surface area contributed by atoms with Crippen LogP contribution in [0.5, 0.6) is 5.75 Å². The predicted molar refractivity (Wildman–Crippen MR) is 102 cm³/mol. The Morgan fingerprint density at radius 3 is 2.61 bits per heavy atom. The molecule has 4 rings (SSSR count). The van der Waals surface area contributed by atoms with Gasteiger partial charge in [-0.3, -0.25) is 4.99 Å². The van der Waals surface area contributed by atoms with Gasteiger partial charge in [0.2, 0.25) is 0 Å². The van der Waals surface area contributed by atoms with Crippen LogP contribution in [0.1, 0.15) is 16.7 Å². The van der Waals surface area contributed by atoms with Crippen molar-refractivity contribution in [2.75, 3.05) is 0 Å². The van der Waals surface area contributed by atoms with Crippen molar-refractivity contribution in [3.63, 3.8) is 0 Å². The fraction of sp³-hybridized carbons (Fsp3) is 0.105. The van der Waals surface area contributed by atoms with Gasteiger partial charge in [0.25, 0.3) is 0 Å². The normalized spacial score (nSPS) is 13.3. The van der Waals surface area contributed by atoms with Gasteiger partial charge >= 0.3 is 0 Å². The third kappa shape index (κ3) is 2.60. The molecule has 0 bridgehead atoms. The number of aliphatic imine (C=N–C) groups is 1. The summed E-state index contributed by atoms with van der Waals surface area (Å²) in [4.78, 5) is 4.63. The Morgan fingerprint density at radius 1 is 1.00 bits per heavy atom. The van der Waals surface area contributed by atoms with Crippen LogP contribution in [0.15, 0.2) is 56.4 Å². The highest BCUT2D eigenvalue weighted by atomic mass is 79.9. The van der Waals surface area contributed by atoms with Gasteiger partial charge in [0.1, 0.15) is 5.75 Å². The van der Waals surface area contributed by atoms with Crippen molar-refractivity contribution in [2.45, 2.75) is 12.8 Å². The molecule has 0 fully saturated rings. The molecule has 0 radical (unpaired) electrons. The number of phenolic OH excluding ortho intramolecular Hbond substituents is 1. The van der Waals surface area contributed by atoms with Crippen molar-refractivity contribution in [3.8, 4) is 5.75 Å². The van der Waals surface area contributed by atoms with E-state index < -0.39 is 0 Å². The van der Waals surface area contributed by atoms with Crippen LogP contribution < -0.4 is 0 Å². The Kier molecular flexibility index (Phi) is 3.74. The summed E-state index contributed by atoms with van der Waals surface area (Å²) < 4.78 is 1.54. The molecule has 3 aromatic rings. The maximum atomic E-state index is 10.2. The van der Waals surface area contributed by atoms with E-state index in [2.05, 4.69) is 67.2 Å². The summed E-state index contributed by atoms with van der Waals surface area (Å²) in [7, 11) is 0. The molecule has 0 saturated heterocycles. The Morgan fingerprint density at radius 2 is 1.78 bits per heavy atom. The van der Waals surface area contributed by atoms with Crippen LogP contribution in [0.4, 0.5) is 5.69 Å². The predicted octanol–water partition coefficient (Wildman–Crippen LogP) is 5.92. The van der Waals surface area contributed by atoms with Crippen molar-refractivity contribution in [2.24, 2.45) is 4.99 Å². The van der Waals surface area contributed by atoms with Gasteiger partial charge in [-0.25, -0.2) is 0 Å². The Hall–Kier alpha value is -1.65. The molecule has 1 aliphatic carbocycles. The Bertz CT molecular complexity index is 953. The number of halogens is 2. The molecule has 1 aliphatic rings. The maximum Gasteiger partial charge on any atom is 0.138 e. The van der Waals surface area contributed by atoms with Crippen molar-refractivity contribution in [1.82, 2.24) is 0 Å². The molecule has 2 nitrogen and oxygen atoms in total. The topological polar surface area (TPSA) is 32.6 Å². The van der Waals surface area contributed by atoms with Crippen LogP contribution >= 0.6 is 31.9 Å². The van der Waals surface area contributed by atoms with Crippen LogP contribution in [0, 0.1) is 0 Å². The minimum atomic E-state index is 0.197. The van der Waals surface area contributed by atoms with E-state index in [1.54, 1.807) is 6.21 Å². The molecule has 0 aliphatic heterocycles. The van der Waals surface area contributed by atoms with E-state index in [9.17, 15) is 5.11 Å². The zero-order valence-corrected chi connectivity index (χ0v) is 15.4. The number of phenols is 1. The molecule has 4 heteroatoms. The fourth-order valence-corrected chi connectivity index (χ4v) is 4.43. The average molecular weight is 431 g/mol. The van der Waals surface area contributed by atoms with Crippen molar-refractivity contribution >= 4 is 54.5 Å². The van der Waals surface area contributed by atoms with Gasteiger partial charge in [0, 0.05) is 21.6 Å². The van der Waals surface area contributed by atoms with Gasteiger partial charge in [-0.15, -0.1) is 0 Å². The SMILES string of the molecule is Oc1c(Br)cc(Br)cc1C=Nc1ccc2c3c(cccc13)CC2. The molecule has 1 N–H and O–H groups in total. The number of nitrogens with zero attached hydrogens (tertiary/aromatic N) is 1. The Balaban J connectivity index is 1.83. The second kappa shape index (κ2) is 5.77. The van der Waals surface area contributed by atoms with Crippen LogP contribution in [0.2, 0.25) is 0 Å². The molecule has 0 spiro atoms. The van der Waals surface area contributed by atoms with Crippen LogP contribution in [0.3, 0.4) is 0 Å². The van der Waals surface area contributed by atoms with Gasteiger partial charge in [0.05, 0.1) is 10.2 Å². The molecular weight excluding hydrogens is 418 g/mol. The molecule has 0 aromatic heterocycles. The molecule has 23 heavy (non-hydrogen) atoms. The van der Waals surface area contributed by atoms with Gasteiger partial charge in [0.15, 0.2) is 0 Å². The highest BCUT2D eigenvalue weighted by Gasteiger charge is 2.15. The number of aromatic hydroxyl groups is 1. The van der Waals surface area contributed by atoms with Gasteiger partial charge in [-0.1, -0.05) is 40.2 Å². The summed E-state index contributed by atoms with van der Waals surface area (Å²) in [6.45, 7) is 0. The summed E-state index contributed by atoms with van der Waals surface area (Å²) in [6, 6.07) is 14.3. The number of aryl methyl sites for hydroxylation is 2. The zero-order valence-electron chi connectivity index (χ0n) is 12.2. The summed E-state index contributed by atoms with van der Waals surface area (Å²) >= 11 is 6.79. The minimum absolute atomic E-state index is 0.197. The standard InChI is InChI=1S/C19H13Br2NO/c20-14-8-13(19(23)16(21)9-14)10-22-17-7-6-12-5-4-11-2-1-3-15(17)18(11)12/h1-3,6-10,23H,4-5H2. The first-order valence-electron chi connectivity index (χ1n) is 7.39. The van der Waals surface area contributed by atoms with Crippen LogP contribution in [0.25, 0.3) is 10.8 Å². The van der Waals surface area contributed by atoms with Crippen LogP contribution in [-0.2, 0) is 12.8 Å². The number of hydrogen-bond donors (Lipinski definition) is 1. The zero-order chi connectivity index (χ0) is 16.0. The lowest BCUT2D eigenvalue weighted by atomic mass is 10.0. The quantitative estimate of drug-likeness (QED) is 0.503. The highest BCUT2D eigenvalue weighted by Crippen LogP contribution is 2.36. The van der Waals surface area contributed by atoms with Gasteiger partial charge in [-0.05, 0) is 63.5 Å². The number of hydrogen-bond acceptors (Lipinski definition) is 2. The molecular formula is C19H13Br2NO. The second-order valence-corrected chi connectivity index (χ2v) is 7.44. The van der Waals surface area contributed by atoms with E-state index in [1.807, 2.05) is 12.1 Å². The lowest BCUT2D eigenvalue weighted by molar-refractivity contribution is 0.471. The average Bonchev–Trinajstić information content (AvgIpc) is 2.96. The molecule has 114 valence electrons. The lowest BCUT2D eigenvalue weighted by Crippen LogP contribution is -1.85.